The molecule has 0 saturated carbocycles. The molecule has 4 nitrogen and oxygen atoms in total. The zero-order valence-corrected chi connectivity index (χ0v) is 12.9. The Morgan fingerprint density at radius 3 is 2.53 bits per heavy atom. The van der Waals surface area contributed by atoms with Crippen molar-refractivity contribution >= 4 is 21.8 Å². The molecule has 1 aromatic carbocycles. The van der Waals surface area contributed by atoms with Crippen LogP contribution in [0.2, 0.25) is 0 Å². The summed E-state index contributed by atoms with van der Waals surface area (Å²) in [6, 6.07) is 5.52. The van der Waals surface area contributed by atoms with Crippen molar-refractivity contribution in [3.63, 3.8) is 0 Å². The van der Waals surface area contributed by atoms with Crippen molar-refractivity contribution in [3.8, 4) is 5.75 Å². The molecule has 0 aliphatic carbocycles. The van der Waals surface area contributed by atoms with E-state index in [4.69, 9.17) is 0 Å². The van der Waals surface area contributed by atoms with Gasteiger partial charge in [0.1, 0.15) is 5.75 Å². The molecule has 0 aromatic heterocycles. The summed E-state index contributed by atoms with van der Waals surface area (Å²) in [7, 11) is 4.16. The summed E-state index contributed by atoms with van der Waals surface area (Å²) < 4.78 is 0.607. The first-order valence-electron chi connectivity index (χ1n) is 6.43. The maximum Gasteiger partial charge on any atom is 0.253 e. The number of phenols is 1. The van der Waals surface area contributed by atoms with E-state index >= 15 is 0 Å². The van der Waals surface area contributed by atoms with Crippen molar-refractivity contribution < 1.29 is 9.90 Å². The lowest BCUT2D eigenvalue weighted by molar-refractivity contribution is 0.0663. The van der Waals surface area contributed by atoms with Crippen LogP contribution in [0.1, 0.15) is 23.2 Å². The molecular formula is C14H19BrN2O2. The fraction of sp³-hybridized carbons (Fsp3) is 0.500. The Kier molecular flexibility index (Phi) is 4.47. The van der Waals surface area contributed by atoms with Crippen molar-refractivity contribution in [2.45, 2.75) is 18.9 Å². The molecule has 0 atom stereocenters. The molecule has 1 aliphatic rings. The number of amides is 1. The zero-order valence-electron chi connectivity index (χ0n) is 11.3. The summed E-state index contributed by atoms with van der Waals surface area (Å²) in [5.74, 6) is 0.106. The summed E-state index contributed by atoms with van der Waals surface area (Å²) in [6.07, 6.45) is 2.00. The van der Waals surface area contributed by atoms with E-state index in [-0.39, 0.29) is 11.7 Å². The fourth-order valence-corrected chi connectivity index (χ4v) is 2.66. The zero-order chi connectivity index (χ0) is 14.0. The fourth-order valence-electron chi connectivity index (χ4n) is 2.41. The monoisotopic (exact) mass is 326 g/mol. The van der Waals surface area contributed by atoms with Crippen LogP contribution < -0.4 is 0 Å². The standard InChI is InChI=1S/C14H19BrN2O2/c1-16(2)11-5-7-17(8-6-11)14(19)10-3-4-12(15)13(18)9-10/h3-4,9,11,18H,5-8H2,1-2H3. The molecule has 1 amide bonds. The molecule has 1 N–H and O–H groups in total. The normalized spacial score (nSPS) is 16.9. The van der Waals surface area contributed by atoms with Crippen molar-refractivity contribution in [1.82, 2.24) is 9.80 Å². The average Bonchev–Trinajstić information content (AvgIpc) is 2.41. The highest BCUT2D eigenvalue weighted by Crippen LogP contribution is 2.25. The van der Waals surface area contributed by atoms with Gasteiger partial charge < -0.3 is 14.9 Å². The van der Waals surface area contributed by atoms with Crippen molar-refractivity contribution in [3.05, 3.63) is 28.2 Å². The van der Waals surface area contributed by atoms with Crippen LogP contribution in [0.15, 0.2) is 22.7 Å². The molecule has 104 valence electrons. The van der Waals surface area contributed by atoms with Gasteiger partial charge in [-0.2, -0.15) is 0 Å². The quantitative estimate of drug-likeness (QED) is 0.907. The number of hydrogen-bond donors (Lipinski definition) is 1. The van der Waals surface area contributed by atoms with Crippen LogP contribution in [0.25, 0.3) is 0 Å². The van der Waals surface area contributed by atoms with Crippen LogP contribution in [0.4, 0.5) is 0 Å². The number of halogens is 1. The predicted molar refractivity (Wildman–Crippen MR) is 78.4 cm³/mol. The van der Waals surface area contributed by atoms with Crippen LogP contribution in [0, 0.1) is 0 Å². The van der Waals surface area contributed by atoms with Crippen molar-refractivity contribution in [2.24, 2.45) is 0 Å². The summed E-state index contributed by atoms with van der Waals surface area (Å²) in [6.45, 7) is 1.55. The number of rotatable bonds is 2. The molecule has 1 aliphatic heterocycles. The molecule has 0 bridgehead atoms. The largest absolute Gasteiger partial charge is 0.507 e. The summed E-state index contributed by atoms with van der Waals surface area (Å²) in [5, 5.41) is 9.64. The van der Waals surface area contributed by atoms with Gasteiger partial charge in [-0.05, 0) is 61.1 Å². The van der Waals surface area contributed by atoms with Gasteiger partial charge in [0.05, 0.1) is 4.47 Å². The first kappa shape index (κ1) is 14.3. The van der Waals surface area contributed by atoms with E-state index in [9.17, 15) is 9.90 Å². The molecule has 0 spiro atoms. The number of hydrogen-bond acceptors (Lipinski definition) is 3. The SMILES string of the molecule is CN(C)C1CCN(C(=O)c2ccc(Br)c(O)c2)CC1. The number of aromatic hydroxyl groups is 1. The van der Waals surface area contributed by atoms with Crippen molar-refractivity contribution in [2.75, 3.05) is 27.2 Å². The predicted octanol–water partition coefficient (Wildman–Crippen LogP) is 2.32. The molecule has 2 rings (SSSR count). The smallest absolute Gasteiger partial charge is 0.253 e. The van der Waals surface area contributed by atoms with E-state index in [1.165, 1.54) is 6.07 Å². The van der Waals surface area contributed by atoms with Gasteiger partial charge in [-0.1, -0.05) is 0 Å². The summed E-state index contributed by atoms with van der Waals surface area (Å²) in [4.78, 5) is 16.4. The molecule has 0 radical (unpaired) electrons. The minimum absolute atomic E-state index is 0.00000567. The lowest BCUT2D eigenvalue weighted by atomic mass is 10.0. The molecule has 19 heavy (non-hydrogen) atoms. The van der Waals surface area contributed by atoms with Gasteiger partial charge in [0.15, 0.2) is 0 Å². The Balaban J connectivity index is 2.03. The molecule has 1 saturated heterocycles. The third kappa shape index (κ3) is 3.28. The Morgan fingerprint density at radius 2 is 2.00 bits per heavy atom. The summed E-state index contributed by atoms with van der Waals surface area (Å²) in [5.41, 5.74) is 0.545. The van der Waals surface area contributed by atoms with Gasteiger partial charge in [0, 0.05) is 24.7 Å². The maximum absolute atomic E-state index is 12.3. The second kappa shape index (κ2) is 5.92. The second-order valence-corrected chi connectivity index (χ2v) is 6.01. The first-order chi connectivity index (χ1) is 8.99. The number of phenolic OH excluding ortho intramolecular Hbond substituents is 1. The van der Waals surface area contributed by atoms with E-state index in [1.54, 1.807) is 12.1 Å². The van der Waals surface area contributed by atoms with E-state index in [0.717, 1.165) is 25.9 Å². The third-order valence-electron chi connectivity index (χ3n) is 3.68. The number of likely N-dealkylation sites (tertiary alicyclic amines) is 1. The van der Waals surface area contributed by atoms with Gasteiger partial charge in [0.2, 0.25) is 0 Å². The second-order valence-electron chi connectivity index (χ2n) is 5.15. The highest BCUT2D eigenvalue weighted by Gasteiger charge is 2.24. The van der Waals surface area contributed by atoms with Gasteiger partial charge in [-0.3, -0.25) is 4.79 Å². The van der Waals surface area contributed by atoms with Crippen LogP contribution >= 0.6 is 15.9 Å². The number of carbonyl (C=O) groups is 1. The van der Waals surface area contributed by atoms with Gasteiger partial charge >= 0.3 is 0 Å². The molecular weight excluding hydrogens is 308 g/mol. The number of benzene rings is 1. The average molecular weight is 327 g/mol. The van der Waals surface area contributed by atoms with Gasteiger partial charge in [0.25, 0.3) is 5.91 Å². The van der Waals surface area contributed by atoms with E-state index in [0.29, 0.717) is 16.1 Å². The van der Waals surface area contributed by atoms with Crippen LogP contribution in [0.3, 0.4) is 0 Å². The highest BCUT2D eigenvalue weighted by atomic mass is 79.9. The Labute approximate surface area is 122 Å². The Morgan fingerprint density at radius 1 is 1.37 bits per heavy atom. The van der Waals surface area contributed by atoms with Gasteiger partial charge in [-0.25, -0.2) is 0 Å². The van der Waals surface area contributed by atoms with E-state index in [1.807, 2.05) is 4.90 Å². The molecule has 1 fully saturated rings. The third-order valence-corrected chi connectivity index (χ3v) is 4.35. The maximum atomic E-state index is 12.3. The van der Waals surface area contributed by atoms with Crippen molar-refractivity contribution in [1.29, 1.82) is 0 Å². The van der Waals surface area contributed by atoms with E-state index < -0.39 is 0 Å². The lowest BCUT2D eigenvalue weighted by Crippen LogP contribution is -2.44. The number of nitrogens with zero attached hydrogens (tertiary/aromatic N) is 2. The van der Waals surface area contributed by atoms with Crippen LogP contribution in [0.5, 0.6) is 5.75 Å². The minimum atomic E-state index is 0.00000567. The molecule has 5 heteroatoms. The highest BCUT2D eigenvalue weighted by molar-refractivity contribution is 9.10. The molecule has 1 heterocycles. The molecule has 1 aromatic rings. The molecule has 0 unspecified atom stereocenters. The lowest BCUT2D eigenvalue weighted by Gasteiger charge is -2.35. The summed E-state index contributed by atoms with van der Waals surface area (Å²) >= 11 is 3.22. The minimum Gasteiger partial charge on any atom is -0.507 e. The van der Waals surface area contributed by atoms with Crippen LogP contribution in [-0.4, -0.2) is 54.0 Å². The van der Waals surface area contributed by atoms with E-state index in [2.05, 4.69) is 34.9 Å². The van der Waals surface area contributed by atoms with Crippen LogP contribution in [-0.2, 0) is 0 Å². The number of carbonyl (C=O) groups excluding carboxylic acids is 1. The van der Waals surface area contributed by atoms with Gasteiger partial charge in [-0.15, -0.1) is 0 Å². The first-order valence-corrected chi connectivity index (χ1v) is 7.22. The number of piperidine rings is 1. The topological polar surface area (TPSA) is 43.8 Å². The Bertz CT molecular complexity index is 469. The Hall–Kier alpha value is -1.07.